The second kappa shape index (κ2) is 5.63. The van der Waals surface area contributed by atoms with Crippen molar-refractivity contribution in [2.24, 2.45) is 0 Å². The Morgan fingerprint density at radius 2 is 2.50 bits per heavy atom. The van der Waals surface area contributed by atoms with E-state index < -0.39 is 4.92 Å². The molecule has 1 fully saturated rings. The monoisotopic (exact) mass is 253 g/mol. The third kappa shape index (κ3) is 2.86. The standard InChI is InChI=1S/C11H15N3O4/c1-17-10-5-4-9(14(15)16)11(13-10)12-7-8-3-2-6-18-8/h4-5,8H,2-3,6-7H2,1H3,(H,12,13). The van der Waals surface area contributed by atoms with Crippen LogP contribution in [-0.4, -0.2) is 36.3 Å². The molecular weight excluding hydrogens is 238 g/mol. The van der Waals surface area contributed by atoms with E-state index in [0.717, 1.165) is 19.4 Å². The normalized spacial score (nSPS) is 18.6. The summed E-state index contributed by atoms with van der Waals surface area (Å²) in [7, 11) is 1.47. The van der Waals surface area contributed by atoms with Crippen LogP contribution >= 0.6 is 0 Å². The number of nitro groups is 1. The third-order valence-corrected chi connectivity index (χ3v) is 2.78. The van der Waals surface area contributed by atoms with Crippen molar-refractivity contribution in [2.75, 3.05) is 25.6 Å². The van der Waals surface area contributed by atoms with Crippen LogP contribution in [0.1, 0.15) is 12.8 Å². The van der Waals surface area contributed by atoms with E-state index >= 15 is 0 Å². The molecule has 1 aliphatic heterocycles. The van der Waals surface area contributed by atoms with Gasteiger partial charge in [-0.1, -0.05) is 0 Å². The second-order valence-corrected chi connectivity index (χ2v) is 3.99. The molecule has 0 amide bonds. The molecule has 7 nitrogen and oxygen atoms in total. The van der Waals surface area contributed by atoms with E-state index in [1.165, 1.54) is 19.2 Å². The largest absolute Gasteiger partial charge is 0.481 e. The molecule has 0 radical (unpaired) electrons. The van der Waals surface area contributed by atoms with Crippen LogP contribution < -0.4 is 10.1 Å². The Morgan fingerprint density at radius 3 is 3.11 bits per heavy atom. The Hall–Kier alpha value is -1.89. The number of rotatable bonds is 5. The maximum Gasteiger partial charge on any atom is 0.311 e. The molecule has 0 bridgehead atoms. The molecule has 7 heteroatoms. The molecule has 2 rings (SSSR count). The molecule has 1 atom stereocenters. The number of hydrogen-bond acceptors (Lipinski definition) is 6. The first-order valence-electron chi connectivity index (χ1n) is 5.75. The molecule has 0 aliphatic carbocycles. The highest BCUT2D eigenvalue weighted by Gasteiger charge is 2.20. The summed E-state index contributed by atoms with van der Waals surface area (Å²) in [5, 5.41) is 13.8. The van der Waals surface area contributed by atoms with Crippen LogP contribution in [0, 0.1) is 10.1 Å². The lowest BCUT2D eigenvalue weighted by Crippen LogP contribution is -2.19. The van der Waals surface area contributed by atoms with Crippen molar-refractivity contribution >= 4 is 11.5 Å². The zero-order valence-electron chi connectivity index (χ0n) is 10.1. The SMILES string of the molecule is COc1ccc([N+](=O)[O-])c(NCC2CCCO2)n1. The average Bonchev–Trinajstić information content (AvgIpc) is 2.88. The molecule has 1 aromatic heterocycles. The summed E-state index contributed by atoms with van der Waals surface area (Å²) in [6.07, 6.45) is 2.09. The number of nitrogens with one attached hydrogen (secondary N) is 1. The first-order valence-corrected chi connectivity index (χ1v) is 5.75. The molecule has 2 heterocycles. The lowest BCUT2D eigenvalue weighted by molar-refractivity contribution is -0.384. The van der Waals surface area contributed by atoms with E-state index in [1.807, 2.05) is 0 Å². The van der Waals surface area contributed by atoms with Gasteiger partial charge in [0.1, 0.15) is 0 Å². The zero-order valence-corrected chi connectivity index (χ0v) is 10.1. The van der Waals surface area contributed by atoms with Gasteiger partial charge in [-0.2, -0.15) is 4.98 Å². The van der Waals surface area contributed by atoms with Gasteiger partial charge in [-0.05, 0) is 12.8 Å². The number of anilines is 1. The lowest BCUT2D eigenvalue weighted by Gasteiger charge is -2.11. The van der Waals surface area contributed by atoms with Gasteiger partial charge in [0.25, 0.3) is 0 Å². The second-order valence-electron chi connectivity index (χ2n) is 3.99. The highest BCUT2D eigenvalue weighted by atomic mass is 16.6. The van der Waals surface area contributed by atoms with Crippen molar-refractivity contribution in [3.05, 3.63) is 22.2 Å². The molecule has 18 heavy (non-hydrogen) atoms. The minimum atomic E-state index is -0.468. The van der Waals surface area contributed by atoms with E-state index in [1.54, 1.807) is 0 Å². The predicted molar refractivity (Wildman–Crippen MR) is 64.9 cm³/mol. The van der Waals surface area contributed by atoms with Crippen LogP contribution in [0.3, 0.4) is 0 Å². The summed E-state index contributed by atoms with van der Waals surface area (Å²) in [5.74, 6) is 0.560. The summed E-state index contributed by atoms with van der Waals surface area (Å²) < 4.78 is 10.4. The van der Waals surface area contributed by atoms with Crippen molar-refractivity contribution < 1.29 is 14.4 Å². The highest BCUT2D eigenvalue weighted by molar-refractivity contribution is 5.57. The Kier molecular flexibility index (Phi) is 3.93. The topological polar surface area (TPSA) is 86.5 Å². The molecule has 0 aromatic carbocycles. The Bertz CT molecular complexity index is 432. The predicted octanol–water partition coefficient (Wildman–Crippen LogP) is 1.59. The third-order valence-electron chi connectivity index (χ3n) is 2.78. The van der Waals surface area contributed by atoms with Crippen molar-refractivity contribution in [3.8, 4) is 5.88 Å². The fourth-order valence-electron chi connectivity index (χ4n) is 1.84. The number of ether oxygens (including phenoxy) is 2. The van der Waals surface area contributed by atoms with E-state index in [4.69, 9.17) is 9.47 Å². The molecular formula is C11H15N3O4. The molecule has 1 aliphatic rings. The molecule has 1 aromatic rings. The van der Waals surface area contributed by atoms with Crippen LogP contribution in [0.4, 0.5) is 11.5 Å². The van der Waals surface area contributed by atoms with Gasteiger partial charge in [0.05, 0.1) is 18.1 Å². The van der Waals surface area contributed by atoms with Gasteiger partial charge in [-0.3, -0.25) is 10.1 Å². The fourth-order valence-corrected chi connectivity index (χ4v) is 1.84. The summed E-state index contributed by atoms with van der Waals surface area (Å²) in [4.78, 5) is 14.4. The molecule has 1 N–H and O–H groups in total. The fraction of sp³-hybridized carbons (Fsp3) is 0.545. The van der Waals surface area contributed by atoms with E-state index in [9.17, 15) is 10.1 Å². The van der Waals surface area contributed by atoms with Crippen LogP contribution in [0.15, 0.2) is 12.1 Å². The Labute approximate surface area is 104 Å². The van der Waals surface area contributed by atoms with Crippen molar-refractivity contribution in [1.82, 2.24) is 4.98 Å². The Balaban J connectivity index is 2.10. The highest BCUT2D eigenvalue weighted by Crippen LogP contribution is 2.25. The van der Waals surface area contributed by atoms with Gasteiger partial charge < -0.3 is 14.8 Å². The first-order chi connectivity index (χ1) is 8.70. The summed E-state index contributed by atoms with van der Waals surface area (Å²) >= 11 is 0. The van der Waals surface area contributed by atoms with Crippen molar-refractivity contribution in [2.45, 2.75) is 18.9 Å². The van der Waals surface area contributed by atoms with Gasteiger partial charge in [0.2, 0.25) is 11.7 Å². The van der Waals surface area contributed by atoms with Gasteiger partial charge in [0.15, 0.2) is 0 Å². The summed E-state index contributed by atoms with van der Waals surface area (Å²) in [5.41, 5.74) is -0.0613. The smallest absolute Gasteiger partial charge is 0.311 e. The van der Waals surface area contributed by atoms with Crippen LogP contribution in [0.5, 0.6) is 5.88 Å². The molecule has 0 spiro atoms. The number of methoxy groups -OCH3 is 1. The summed E-state index contributed by atoms with van der Waals surface area (Å²) in [6, 6.07) is 2.85. The quantitative estimate of drug-likeness (QED) is 0.633. The lowest BCUT2D eigenvalue weighted by atomic mass is 10.2. The zero-order chi connectivity index (χ0) is 13.0. The van der Waals surface area contributed by atoms with Crippen LogP contribution in [-0.2, 0) is 4.74 Å². The van der Waals surface area contributed by atoms with E-state index in [-0.39, 0.29) is 17.6 Å². The van der Waals surface area contributed by atoms with Gasteiger partial charge in [-0.25, -0.2) is 0 Å². The molecule has 1 saturated heterocycles. The van der Waals surface area contributed by atoms with E-state index in [0.29, 0.717) is 12.4 Å². The Morgan fingerprint density at radius 1 is 1.67 bits per heavy atom. The number of pyridine rings is 1. The molecule has 0 saturated carbocycles. The van der Waals surface area contributed by atoms with Crippen LogP contribution in [0.2, 0.25) is 0 Å². The van der Waals surface area contributed by atoms with E-state index in [2.05, 4.69) is 10.3 Å². The maximum absolute atomic E-state index is 10.9. The van der Waals surface area contributed by atoms with Gasteiger partial charge in [-0.15, -0.1) is 0 Å². The van der Waals surface area contributed by atoms with Gasteiger partial charge >= 0.3 is 5.69 Å². The van der Waals surface area contributed by atoms with Crippen LogP contribution in [0.25, 0.3) is 0 Å². The van der Waals surface area contributed by atoms with Crippen molar-refractivity contribution in [3.63, 3.8) is 0 Å². The maximum atomic E-state index is 10.9. The number of nitrogens with zero attached hydrogens (tertiary/aromatic N) is 2. The minimum Gasteiger partial charge on any atom is -0.481 e. The minimum absolute atomic E-state index is 0.0613. The molecule has 98 valence electrons. The number of aromatic nitrogens is 1. The molecule has 1 unspecified atom stereocenters. The average molecular weight is 253 g/mol. The number of hydrogen-bond donors (Lipinski definition) is 1. The summed E-state index contributed by atoms with van der Waals surface area (Å²) in [6.45, 7) is 1.26. The van der Waals surface area contributed by atoms with Gasteiger partial charge in [0, 0.05) is 25.3 Å². The van der Waals surface area contributed by atoms with Crippen molar-refractivity contribution in [1.29, 1.82) is 0 Å². The first kappa shape index (κ1) is 12.6.